The third-order valence-electron chi connectivity index (χ3n) is 4.20. The smallest absolute Gasteiger partial charge is 0.164 e. The van der Waals surface area contributed by atoms with Gasteiger partial charge in [-0.15, -0.1) is 0 Å². The van der Waals surface area contributed by atoms with Gasteiger partial charge < -0.3 is 4.98 Å². The van der Waals surface area contributed by atoms with Crippen molar-refractivity contribution in [2.75, 3.05) is 0 Å². The van der Waals surface area contributed by atoms with Crippen LogP contribution >= 0.6 is 0 Å². The van der Waals surface area contributed by atoms with E-state index >= 15 is 0 Å². The SMILES string of the molecule is Cc1ccc(-c2c[nH]c3ccncc23)c2c1CCC2=O. The number of pyridine rings is 1. The average molecular weight is 262 g/mol. The summed E-state index contributed by atoms with van der Waals surface area (Å²) in [6, 6.07) is 6.13. The van der Waals surface area contributed by atoms with E-state index in [4.69, 9.17) is 0 Å². The molecule has 0 bridgehead atoms. The van der Waals surface area contributed by atoms with E-state index in [9.17, 15) is 4.79 Å². The molecule has 98 valence electrons. The van der Waals surface area contributed by atoms with Crippen molar-refractivity contribution in [2.45, 2.75) is 19.8 Å². The third kappa shape index (κ3) is 1.46. The largest absolute Gasteiger partial charge is 0.360 e. The number of aromatic amines is 1. The van der Waals surface area contributed by atoms with Crippen LogP contribution < -0.4 is 0 Å². The molecule has 1 aliphatic carbocycles. The Morgan fingerprint density at radius 1 is 1.15 bits per heavy atom. The van der Waals surface area contributed by atoms with Crippen LogP contribution in [0.2, 0.25) is 0 Å². The van der Waals surface area contributed by atoms with Crippen molar-refractivity contribution in [1.82, 2.24) is 9.97 Å². The number of hydrogen-bond acceptors (Lipinski definition) is 2. The van der Waals surface area contributed by atoms with Gasteiger partial charge in [0.15, 0.2) is 5.78 Å². The van der Waals surface area contributed by atoms with E-state index in [1.807, 2.05) is 18.5 Å². The molecule has 0 saturated heterocycles. The van der Waals surface area contributed by atoms with Crippen LogP contribution in [-0.2, 0) is 6.42 Å². The van der Waals surface area contributed by atoms with Crippen LogP contribution in [0.15, 0.2) is 36.8 Å². The average Bonchev–Trinajstić information content (AvgIpc) is 3.05. The molecule has 0 atom stereocenters. The molecule has 3 heteroatoms. The van der Waals surface area contributed by atoms with E-state index in [1.165, 1.54) is 11.1 Å². The van der Waals surface area contributed by atoms with Crippen molar-refractivity contribution < 1.29 is 4.79 Å². The van der Waals surface area contributed by atoms with Gasteiger partial charge in [-0.1, -0.05) is 12.1 Å². The molecule has 0 spiro atoms. The second-order valence-corrected chi connectivity index (χ2v) is 5.33. The van der Waals surface area contributed by atoms with Gasteiger partial charge in [0.1, 0.15) is 0 Å². The molecule has 20 heavy (non-hydrogen) atoms. The molecular formula is C17H14N2O. The van der Waals surface area contributed by atoms with Gasteiger partial charge in [0, 0.05) is 47.0 Å². The molecule has 4 rings (SSSR count). The molecule has 0 fully saturated rings. The minimum atomic E-state index is 0.261. The van der Waals surface area contributed by atoms with Gasteiger partial charge in [-0.05, 0) is 36.1 Å². The first kappa shape index (κ1) is 11.4. The number of carbonyl (C=O) groups excluding carboxylic acids is 1. The summed E-state index contributed by atoms with van der Waals surface area (Å²) >= 11 is 0. The summed E-state index contributed by atoms with van der Waals surface area (Å²) in [4.78, 5) is 19.7. The third-order valence-corrected chi connectivity index (χ3v) is 4.20. The molecular weight excluding hydrogens is 248 g/mol. The van der Waals surface area contributed by atoms with E-state index in [0.717, 1.165) is 34.0 Å². The highest BCUT2D eigenvalue weighted by atomic mass is 16.1. The molecule has 2 aromatic heterocycles. The Kier molecular flexibility index (Phi) is 2.30. The van der Waals surface area contributed by atoms with Gasteiger partial charge in [0.05, 0.1) is 0 Å². The summed E-state index contributed by atoms with van der Waals surface area (Å²) < 4.78 is 0. The lowest BCUT2D eigenvalue weighted by molar-refractivity contribution is 0.0995. The van der Waals surface area contributed by atoms with Crippen molar-refractivity contribution >= 4 is 16.7 Å². The number of H-pyrrole nitrogens is 1. The summed E-state index contributed by atoms with van der Waals surface area (Å²) in [6.45, 7) is 2.08. The summed E-state index contributed by atoms with van der Waals surface area (Å²) in [5.74, 6) is 0.261. The van der Waals surface area contributed by atoms with E-state index in [0.29, 0.717) is 6.42 Å². The Labute approximate surface area is 116 Å². The Balaban J connectivity index is 2.05. The molecule has 1 aliphatic rings. The van der Waals surface area contributed by atoms with Crippen LogP contribution in [0.4, 0.5) is 0 Å². The lowest BCUT2D eigenvalue weighted by Crippen LogP contribution is -1.97. The van der Waals surface area contributed by atoms with Crippen molar-refractivity contribution in [3.05, 3.63) is 53.5 Å². The minimum Gasteiger partial charge on any atom is -0.360 e. The predicted molar refractivity (Wildman–Crippen MR) is 78.9 cm³/mol. The molecule has 1 N–H and O–H groups in total. The number of Topliss-reactive ketones (excluding diaryl/α,β-unsaturated/α-hetero) is 1. The Bertz CT molecular complexity index is 845. The topological polar surface area (TPSA) is 45.8 Å². The zero-order valence-electron chi connectivity index (χ0n) is 11.2. The van der Waals surface area contributed by atoms with Crippen molar-refractivity contribution in [1.29, 1.82) is 0 Å². The molecule has 1 aromatic carbocycles. The van der Waals surface area contributed by atoms with E-state index in [-0.39, 0.29) is 5.78 Å². The lowest BCUT2D eigenvalue weighted by atomic mass is 9.94. The van der Waals surface area contributed by atoms with E-state index < -0.39 is 0 Å². The molecule has 3 nitrogen and oxygen atoms in total. The fraction of sp³-hybridized carbons (Fsp3) is 0.176. The highest BCUT2D eigenvalue weighted by Gasteiger charge is 2.25. The maximum Gasteiger partial charge on any atom is 0.164 e. The zero-order chi connectivity index (χ0) is 13.7. The molecule has 0 amide bonds. The Morgan fingerprint density at radius 2 is 2.05 bits per heavy atom. The molecule has 0 unspecified atom stereocenters. The minimum absolute atomic E-state index is 0.261. The van der Waals surface area contributed by atoms with Crippen LogP contribution in [0.5, 0.6) is 0 Å². The highest BCUT2D eigenvalue weighted by Crippen LogP contribution is 2.37. The number of benzene rings is 1. The van der Waals surface area contributed by atoms with Crippen molar-refractivity contribution in [3.8, 4) is 11.1 Å². The van der Waals surface area contributed by atoms with Crippen molar-refractivity contribution in [3.63, 3.8) is 0 Å². The van der Waals surface area contributed by atoms with E-state index in [1.54, 1.807) is 6.20 Å². The first-order chi connectivity index (χ1) is 9.75. The van der Waals surface area contributed by atoms with Gasteiger partial charge in [0.25, 0.3) is 0 Å². The number of hydrogen-bond donors (Lipinski definition) is 1. The number of aryl methyl sites for hydroxylation is 1. The number of nitrogens with one attached hydrogen (secondary N) is 1. The standard InChI is InChI=1S/C17H14N2O/c1-10-2-3-12(17-11(10)4-5-16(17)20)13-9-19-15-6-7-18-8-14(13)15/h2-3,6-9,19H,4-5H2,1H3. The quantitative estimate of drug-likeness (QED) is 0.727. The van der Waals surface area contributed by atoms with Crippen molar-refractivity contribution in [2.24, 2.45) is 0 Å². The normalized spacial score (nSPS) is 13.9. The summed E-state index contributed by atoms with van der Waals surface area (Å²) in [5.41, 5.74) is 6.50. The first-order valence-corrected chi connectivity index (χ1v) is 6.83. The zero-order valence-corrected chi connectivity index (χ0v) is 11.2. The van der Waals surface area contributed by atoms with Crippen LogP contribution in [0.1, 0.15) is 27.9 Å². The van der Waals surface area contributed by atoms with Gasteiger partial charge in [-0.2, -0.15) is 0 Å². The summed E-state index contributed by atoms with van der Waals surface area (Å²) in [7, 11) is 0. The van der Waals surface area contributed by atoms with Gasteiger partial charge in [-0.3, -0.25) is 9.78 Å². The number of fused-ring (bicyclic) bond motifs is 2. The van der Waals surface area contributed by atoms with Gasteiger partial charge >= 0.3 is 0 Å². The molecule has 2 heterocycles. The van der Waals surface area contributed by atoms with Crippen LogP contribution in [0.3, 0.4) is 0 Å². The maximum absolute atomic E-state index is 12.2. The number of nitrogens with zero attached hydrogens (tertiary/aromatic N) is 1. The Morgan fingerprint density at radius 3 is 2.95 bits per heavy atom. The molecule has 0 aliphatic heterocycles. The summed E-state index contributed by atoms with van der Waals surface area (Å²) in [6.07, 6.45) is 7.10. The van der Waals surface area contributed by atoms with Crippen LogP contribution in [0.25, 0.3) is 22.0 Å². The van der Waals surface area contributed by atoms with Gasteiger partial charge in [0.2, 0.25) is 0 Å². The second kappa shape index (κ2) is 4.04. The van der Waals surface area contributed by atoms with Crippen LogP contribution in [0, 0.1) is 6.92 Å². The number of ketones is 1. The molecule has 0 radical (unpaired) electrons. The second-order valence-electron chi connectivity index (χ2n) is 5.33. The fourth-order valence-corrected chi connectivity index (χ4v) is 3.17. The number of carbonyl (C=O) groups is 1. The predicted octanol–water partition coefficient (Wildman–Crippen LogP) is 3.67. The van der Waals surface area contributed by atoms with Crippen LogP contribution in [-0.4, -0.2) is 15.8 Å². The highest BCUT2D eigenvalue weighted by molar-refractivity contribution is 6.09. The fourth-order valence-electron chi connectivity index (χ4n) is 3.17. The first-order valence-electron chi connectivity index (χ1n) is 6.83. The monoisotopic (exact) mass is 262 g/mol. The van der Waals surface area contributed by atoms with Gasteiger partial charge in [-0.25, -0.2) is 0 Å². The van der Waals surface area contributed by atoms with E-state index in [2.05, 4.69) is 29.0 Å². The Hall–Kier alpha value is -2.42. The summed E-state index contributed by atoms with van der Waals surface area (Å²) in [5, 5.41) is 1.07. The lowest BCUT2D eigenvalue weighted by Gasteiger charge is -2.09. The molecule has 0 saturated carbocycles. The molecule has 3 aromatic rings. The number of aromatic nitrogens is 2. The maximum atomic E-state index is 12.2. The number of rotatable bonds is 1.